The first-order valence-electron chi connectivity index (χ1n) is 9.94. The van der Waals surface area contributed by atoms with Crippen molar-refractivity contribution < 1.29 is 5.11 Å². The van der Waals surface area contributed by atoms with Gasteiger partial charge in [-0.3, -0.25) is 0 Å². The largest absolute Gasteiger partial charge is 0.391 e. The van der Waals surface area contributed by atoms with E-state index in [9.17, 15) is 5.11 Å². The van der Waals surface area contributed by atoms with E-state index < -0.39 is 0 Å². The van der Waals surface area contributed by atoms with Crippen LogP contribution in [0.25, 0.3) is 33.5 Å². The third-order valence-electron chi connectivity index (χ3n) is 5.58. The number of nitrogens with zero attached hydrogens (tertiary/aromatic N) is 6. The second-order valence-electron chi connectivity index (χ2n) is 7.75. The SMILES string of the molecule is C[C@@H]1CN(c2ccc(-c3cc(-c4cccc(Br)c4)c4c(N)ncnc4n3)nn2)C[C@@H]1O. The third-order valence-corrected chi connectivity index (χ3v) is 6.07. The molecule has 156 valence electrons. The van der Waals surface area contributed by atoms with Crippen LogP contribution in [-0.4, -0.2) is 49.4 Å². The van der Waals surface area contributed by atoms with Crippen LogP contribution >= 0.6 is 15.9 Å². The average molecular weight is 478 g/mol. The molecule has 0 amide bonds. The fourth-order valence-electron chi connectivity index (χ4n) is 3.87. The highest BCUT2D eigenvalue weighted by atomic mass is 79.9. The van der Waals surface area contributed by atoms with Crippen LogP contribution in [-0.2, 0) is 0 Å². The topological polar surface area (TPSA) is 114 Å². The summed E-state index contributed by atoms with van der Waals surface area (Å²) in [5.41, 5.74) is 9.80. The van der Waals surface area contributed by atoms with Gasteiger partial charge >= 0.3 is 0 Å². The Morgan fingerprint density at radius 3 is 2.65 bits per heavy atom. The second-order valence-corrected chi connectivity index (χ2v) is 8.66. The maximum Gasteiger partial charge on any atom is 0.165 e. The Kier molecular flexibility index (Phi) is 4.99. The lowest BCUT2D eigenvalue weighted by Gasteiger charge is -2.16. The molecule has 1 aromatic carbocycles. The number of hydrogen-bond acceptors (Lipinski definition) is 8. The Morgan fingerprint density at radius 2 is 1.94 bits per heavy atom. The molecule has 31 heavy (non-hydrogen) atoms. The molecule has 4 heterocycles. The van der Waals surface area contributed by atoms with Crippen LogP contribution < -0.4 is 10.6 Å². The van der Waals surface area contributed by atoms with Gasteiger partial charge in [0.1, 0.15) is 17.8 Å². The van der Waals surface area contributed by atoms with Crippen LogP contribution in [0.5, 0.6) is 0 Å². The quantitative estimate of drug-likeness (QED) is 0.461. The predicted octanol–water partition coefficient (Wildman–Crippen LogP) is 3.31. The van der Waals surface area contributed by atoms with E-state index in [-0.39, 0.29) is 12.0 Å². The highest BCUT2D eigenvalue weighted by Gasteiger charge is 2.28. The van der Waals surface area contributed by atoms with Gasteiger partial charge < -0.3 is 15.7 Å². The molecule has 0 bridgehead atoms. The molecule has 8 nitrogen and oxygen atoms in total. The standard InChI is InChI=1S/C22H20BrN7O/c1-12-9-30(10-18(12)31)19-6-5-16(28-29-19)17-8-15(13-3-2-4-14(23)7-13)20-21(24)25-11-26-22(20)27-17/h2-8,11-12,18,31H,9-10H2,1H3,(H2,24,25,26,27)/t12-,18+/m1/s1. The number of nitrogens with two attached hydrogens (primary N) is 1. The lowest BCUT2D eigenvalue weighted by Crippen LogP contribution is -2.22. The first kappa shape index (κ1) is 19.8. The molecule has 9 heteroatoms. The third kappa shape index (κ3) is 3.70. The minimum Gasteiger partial charge on any atom is -0.391 e. The molecule has 0 aliphatic carbocycles. The number of halogens is 1. The molecule has 0 spiro atoms. The zero-order valence-corrected chi connectivity index (χ0v) is 18.4. The maximum atomic E-state index is 10.0. The molecular weight excluding hydrogens is 458 g/mol. The Morgan fingerprint density at radius 1 is 1.06 bits per heavy atom. The van der Waals surface area contributed by atoms with E-state index in [0.717, 1.165) is 28.0 Å². The molecule has 0 saturated carbocycles. The first-order chi connectivity index (χ1) is 15.0. The number of nitrogen functional groups attached to an aromatic ring is 1. The van der Waals surface area contributed by atoms with E-state index in [4.69, 9.17) is 5.73 Å². The Balaban J connectivity index is 1.59. The summed E-state index contributed by atoms with van der Waals surface area (Å²) in [5.74, 6) is 1.33. The van der Waals surface area contributed by atoms with Crippen LogP contribution in [0.1, 0.15) is 6.92 Å². The van der Waals surface area contributed by atoms with E-state index in [1.165, 1.54) is 6.33 Å². The zero-order valence-electron chi connectivity index (χ0n) is 16.8. The van der Waals surface area contributed by atoms with Crippen LogP contribution in [0.15, 0.2) is 53.3 Å². The summed E-state index contributed by atoms with van der Waals surface area (Å²) in [7, 11) is 0. The van der Waals surface area contributed by atoms with Gasteiger partial charge in [-0.05, 0) is 41.5 Å². The molecule has 1 aliphatic rings. The second kappa shape index (κ2) is 7.82. The smallest absolute Gasteiger partial charge is 0.165 e. The molecule has 2 atom stereocenters. The fraction of sp³-hybridized carbons (Fsp3) is 0.227. The summed E-state index contributed by atoms with van der Waals surface area (Å²) in [6.07, 6.45) is 1.06. The molecule has 4 aromatic rings. The molecule has 1 aliphatic heterocycles. The van der Waals surface area contributed by atoms with Gasteiger partial charge in [0.2, 0.25) is 0 Å². The van der Waals surface area contributed by atoms with Gasteiger partial charge in [-0.15, -0.1) is 10.2 Å². The van der Waals surface area contributed by atoms with Gasteiger partial charge in [0.05, 0.1) is 17.2 Å². The lowest BCUT2D eigenvalue weighted by molar-refractivity contribution is 0.157. The predicted molar refractivity (Wildman–Crippen MR) is 123 cm³/mol. The highest BCUT2D eigenvalue weighted by molar-refractivity contribution is 9.10. The number of anilines is 2. The average Bonchev–Trinajstić information content (AvgIpc) is 3.11. The van der Waals surface area contributed by atoms with Crippen LogP contribution in [0.4, 0.5) is 11.6 Å². The van der Waals surface area contributed by atoms with Gasteiger partial charge in [0.25, 0.3) is 0 Å². The zero-order chi connectivity index (χ0) is 21.5. The minimum absolute atomic E-state index is 0.210. The highest BCUT2D eigenvalue weighted by Crippen LogP contribution is 2.34. The van der Waals surface area contributed by atoms with Crippen molar-refractivity contribution in [1.29, 1.82) is 0 Å². The van der Waals surface area contributed by atoms with Crippen molar-refractivity contribution in [3.63, 3.8) is 0 Å². The lowest BCUT2D eigenvalue weighted by atomic mass is 10.0. The molecule has 3 N–H and O–H groups in total. The Labute approximate surface area is 187 Å². The van der Waals surface area contributed by atoms with E-state index in [0.29, 0.717) is 34.8 Å². The van der Waals surface area contributed by atoms with Crippen LogP contribution in [0, 0.1) is 5.92 Å². The van der Waals surface area contributed by atoms with Gasteiger partial charge in [-0.25, -0.2) is 15.0 Å². The van der Waals surface area contributed by atoms with E-state index >= 15 is 0 Å². The Hall–Kier alpha value is -3.17. The van der Waals surface area contributed by atoms with Crippen molar-refractivity contribution in [3.8, 4) is 22.5 Å². The summed E-state index contributed by atoms with van der Waals surface area (Å²) >= 11 is 3.53. The molecule has 0 unspecified atom stereocenters. The van der Waals surface area contributed by atoms with Crippen molar-refractivity contribution in [2.24, 2.45) is 5.92 Å². The molecule has 0 radical (unpaired) electrons. The van der Waals surface area contributed by atoms with E-state index in [2.05, 4.69) is 41.1 Å². The fourth-order valence-corrected chi connectivity index (χ4v) is 4.27. The van der Waals surface area contributed by atoms with Gasteiger partial charge in [-0.1, -0.05) is 35.0 Å². The maximum absolute atomic E-state index is 10.0. The summed E-state index contributed by atoms with van der Waals surface area (Å²) < 4.78 is 0.957. The number of benzene rings is 1. The number of β-amino-alcohol motifs (C(OH)–C–C–N with tert-alkyl or cyclic N) is 1. The molecule has 3 aromatic heterocycles. The van der Waals surface area contributed by atoms with Crippen molar-refractivity contribution in [3.05, 3.63) is 53.3 Å². The van der Waals surface area contributed by atoms with Gasteiger partial charge in [0.15, 0.2) is 11.5 Å². The number of hydrogen-bond donors (Lipinski definition) is 2. The monoisotopic (exact) mass is 477 g/mol. The van der Waals surface area contributed by atoms with Crippen LogP contribution in [0.2, 0.25) is 0 Å². The molecular formula is C22H20BrN7O. The molecule has 1 fully saturated rings. The minimum atomic E-state index is -0.346. The van der Waals surface area contributed by atoms with Crippen molar-refractivity contribution >= 4 is 38.6 Å². The number of pyridine rings is 1. The summed E-state index contributed by atoms with van der Waals surface area (Å²) in [5, 5.41) is 19.5. The first-order valence-corrected chi connectivity index (χ1v) is 10.7. The van der Waals surface area contributed by atoms with Gasteiger partial charge in [0, 0.05) is 23.5 Å². The molecule has 1 saturated heterocycles. The Bertz CT molecular complexity index is 1250. The van der Waals surface area contributed by atoms with Gasteiger partial charge in [-0.2, -0.15) is 0 Å². The summed E-state index contributed by atoms with van der Waals surface area (Å²) in [4.78, 5) is 15.2. The number of aliphatic hydroxyl groups is 1. The molecule has 5 rings (SSSR count). The van der Waals surface area contributed by atoms with Crippen molar-refractivity contribution in [1.82, 2.24) is 25.1 Å². The number of fused-ring (bicyclic) bond motifs is 1. The van der Waals surface area contributed by atoms with E-state index in [1.54, 1.807) is 0 Å². The van der Waals surface area contributed by atoms with Crippen molar-refractivity contribution in [2.45, 2.75) is 13.0 Å². The number of rotatable bonds is 3. The normalized spacial score (nSPS) is 18.6. The van der Waals surface area contributed by atoms with Crippen LogP contribution in [0.3, 0.4) is 0 Å². The number of aliphatic hydroxyl groups excluding tert-OH is 1. The number of aromatic nitrogens is 5. The van der Waals surface area contributed by atoms with Crippen molar-refractivity contribution in [2.75, 3.05) is 23.7 Å². The summed E-state index contributed by atoms with van der Waals surface area (Å²) in [6, 6.07) is 13.7. The summed E-state index contributed by atoms with van der Waals surface area (Å²) in [6.45, 7) is 3.35. The van der Waals surface area contributed by atoms with E-state index in [1.807, 2.05) is 54.3 Å².